The van der Waals surface area contributed by atoms with Gasteiger partial charge in [0.05, 0.1) is 25.4 Å². The lowest BCUT2D eigenvalue weighted by Crippen LogP contribution is -2.45. The molecule has 0 bridgehead atoms. The molecule has 45 heavy (non-hydrogen) atoms. The largest absolute Gasteiger partial charge is 0.472 e. The molecule has 0 aliphatic rings. The molecule has 0 fully saturated rings. The molecule has 1 amide bonds. The molecule has 0 aromatic heterocycles. The molecule has 9 heteroatoms. The van der Waals surface area contributed by atoms with Gasteiger partial charge < -0.3 is 21.1 Å². The fourth-order valence-corrected chi connectivity index (χ4v) is 4.46. The van der Waals surface area contributed by atoms with Gasteiger partial charge in [-0.1, -0.05) is 117 Å². The van der Waals surface area contributed by atoms with Crippen LogP contribution in [0.25, 0.3) is 0 Å². The number of aliphatic hydroxyl groups excluding tert-OH is 1. The predicted molar refractivity (Wildman–Crippen MR) is 189 cm³/mol. The second-order valence-electron chi connectivity index (χ2n) is 10.3. The van der Waals surface area contributed by atoms with Crippen LogP contribution in [-0.2, 0) is 18.4 Å². The number of unbranched alkanes of at least 4 members (excludes halogenated alkanes) is 3. The lowest BCUT2D eigenvalue weighted by atomic mass is 10.1. The van der Waals surface area contributed by atoms with Gasteiger partial charge >= 0.3 is 7.82 Å². The molecule has 0 saturated carbocycles. The number of hydrogen-bond acceptors (Lipinski definition) is 6. The van der Waals surface area contributed by atoms with E-state index < -0.39 is 26.6 Å². The summed E-state index contributed by atoms with van der Waals surface area (Å²) in [5.41, 5.74) is 5.32. The summed E-state index contributed by atoms with van der Waals surface area (Å²) in [5, 5.41) is 13.4. The normalized spacial score (nSPS) is 15.8. The van der Waals surface area contributed by atoms with Gasteiger partial charge in [-0.05, 0) is 64.2 Å². The molecule has 0 heterocycles. The summed E-state index contributed by atoms with van der Waals surface area (Å²) in [4.78, 5) is 22.4. The molecule has 0 saturated heterocycles. The third-order valence-corrected chi connectivity index (χ3v) is 7.12. The molecular weight excluding hydrogens is 587 g/mol. The van der Waals surface area contributed by atoms with Crippen LogP contribution in [0.15, 0.2) is 97.2 Å². The first-order chi connectivity index (χ1) is 21.9. The van der Waals surface area contributed by atoms with E-state index in [2.05, 4.69) is 86.0 Å². The summed E-state index contributed by atoms with van der Waals surface area (Å²) in [6.07, 6.45) is 42.0. The molecule has 0 rings (SSSR count). The zero-order valence-corrected chi connectivity index (χ0v) is 28.4. The number of amides is 1. The van der Waals surface area contributed by atoms with Crippen LogP contribution in [0.5, 0.6) is 0 Å². The molecular formula is C36H59N2O6P. The molecule has 8 nitrogen and oxygen atoms in total. The van der Waals surface area contributed by atoms with Gasteiger partial charge in [-0.2, -0.15) is 0 Å². The molecule has 0 spiro atoms. The van der Waals surface area contributed by atoms with Crippen LogP contribution in [-0.4, -0.2) is 47.8 Å². The third kappa shape index (κ3) is 29.9. The van der Waals surface area contributed by atoms with Crippen molar-refractivity contribution in [2.24, 2.45) is 5.73 Å². The van der Waals surface area contributed by atoms with Crippen molar-refractivity contribution >= 4 is 13.7 Å². The van der Waals surface area contributed by atoms with Gasteiger partial charge in [0, 0.05) is 13.0 Å². The minimum Gasteiger partial charge on any atom is -0.387 e. The number of nitrogens with two attached hydrogens (primary N) is 1. The standard InChI is InChI=1S/C36H59N2O6P/c1-3-5-7-9-11-13-15-16-17-18-20-22-24-26-28-30-36(40)38-34(33-44-45(41,42)43-32-31-37)35(39)29-27-25-23-21-19-14-12-10-8-6-4-2/h5,7-8,10-11,13,16-17,19-22,26-29,34-35,39H,3-4,6,9,12,14-15,18,23-25,30-33,37H2,1-2H3,(H,38,40)(H,41,42)/b7-5-,10-8+,13-11-,17-16-,21-19+,22-20-,28-26-,29-27+. The number of hydrogen-bond donors (Lipinski definition) is 4. The van der Waals surface area contributed by atoms with Gasteiger partial charge in [0.25, 0.3) is 0 Å². The van der Waals surface area contributed by atoms with E-state index in [0.717, 1.165) is 57.8 Å². The number of aliphatic hydroxyl groups is 1. The summed E-state index contributed by atoms with van der Waals surface area (Å²) in [6.45, 7) is 3.78. The second kappa shape index (κ2) is 31.4. The summed E-state index contributed by atoms with van der Waals surface area (Å²) in [6, 6.07) is -0.941. The number of carbonyl (C=O) groups excluding carboxylic acids is 1. The fraction of sp³-hybridized carbons (Fsp3) is 0.528. The molecule has 3 atom stereocenters. The molecule has 5 N–H and O–H groups in total. The smallest absolute Gasteiger partial charge is 0.387 e. The highest BCUT2D eigenvalue weighted by Crippen LogP contribution is 2.43. The highest BCUT2D eigenvalue weighted by molar-refractivity contribution is 7.47. The van der Waals surface area contributed by atoms with Crippen LogP contribution in [0.2, 0.25) is 0 Å². The van der Waals surface area contributed by atoms with Crippen LogP contribution in [0, 0.1) is 0 Å². The summed E-state index contributed by atoms with van der Waals surface area (Å²) in [5.74, 6) is -0.343. The molecule has 254 valence electrons. The second-order valence-corrected chi connectivity index (χ2v) is 11.7. The van der Waals surface area contributed by atoms with Crippen LogP contribution in [0.1, 0.15) is 90.9 Å². The fourth-order valence-electron chi connectivity index (χ4n) is 3.71. The lowest BCUT2D eigenvalue weighted by molar-refractivity contribution is -0.122. The topological polar surface area (TPSA) is 131 Å². The zero-order chi connectivity index (χ0) is 33.3. The van der Waals surface area contributed by atoms with E-state index in [-0.39, 0.29) is 25.5 Å². The molecule has 0 aromatic carbocycles. The van der Waals surface area contributed by atoms with E-state index in [4.69, 9.17) is 14.8 Å². The summed E-state index contributed by atoms with van der Waals surface area (Å²) in [7, 11) is -4.37. The lowest BCUT2D eigenvalue weighted by Gasteiger charge is -2.23. The van der Waals surface area contributed by atoms with E-state index in [1.165, 1.54) is 0 Å². The first-order valence-electron chi connectivity index (χ1n) is 16.4. The summed E-state index contributed by atoms with van der Waals surface area (Å²) >= 11 is 0. The van der Waals surface area contributed by atoms with Crippen LogP contribution >= 0.6 is 7.82 Å². The van der Waals surface area contributed by atoms with E-state index in [1.807, 2.05) is 18.2 Å². The van der Waals surface area contributed by atoms with Crippen molar-refractivity contribution in [3.63, 3.8) is 0 Å². The van der Waals surface area contributed by atoms with Crippen molar-refractivity contribution in [2.45, 2.75) is 103 Å². The maximum absolute atomic E-state index is 12.6. The maximum Gasteiger partial charge on any atom is 0.472 e. The average molecular weight is 647 g/mol. The van der Waals surface area contributed by atoms with Gasteiger partial charge in [0.2, 0.25) is 5.91 Å². The Labute approximate surface area is 272 Å². The zero-order valence-electron chi connectivity index (χ0n) is 27.6. The quantitative estimate of drug-likeness (QED) is 0.0384. The molecule has 0 aliphatic carbocycles. The van der Waals surface area contributed by atoms with Crippen LogP contribution in [0.4, 0.5) is 0 Å². The Morgan fingerprint density at radius 1 is 0.733 bits per heavy atom. The van der Waals surface area contributed by atoms with Gasteiger partial charge in [-0.15, -0.1) is 0 Å². The SMILES string of the molecule is CC/C=C\C/C=C\C/C=C\C/C=C\C/C=C\CC(=O)NC(COP(=O)(O)OCCN)C(O)/C=C/CC/C=C/CC/C=C/CCC. The number of phosphoric acid groups is 1. The molecule has 0 aliphatic heterocycles. The van der Waals surface area contributed by atoms with Crippen molar-refractivity contribution in [1.82, 2.24) is 5.32 Å². The Hall–Kier alpha value is -2.58. The minimum absolute atomic E-state index is 0.0523. The van der Waals surface area contributed by atoms with Gasteiger partial charge in [-0.25, -0.2) is 4.57 Å². The van der Waals surface area contributed by atoms with Gasteiger partial charge in [0.1, 0.15) is 0 Å². The number of nitrogens with one attached hydrogen (secondary N) is 1. The van der Waals surface area contributed by atoms with Crippen molar-refractivity contribution < 1.29 is 28.4 Å². The number of carbonyl (C=O) groups is 1. The van der Waals surface area contributed by atoms with E-state index >= 15 is 0 Å². The number of phosphoric ester groups is 1. The van der Waals surface area contributed by atoms with E-state index in [9.17, 15) is 19.4 Å². The van der Waals surface area contributed by atoms with Crippen LogP contribution < -0.4 is 11.1 Å². The molecule has 0 aromatic rings. The van der Waals surface area contributed by atoms with E-state index in [1.54, 1.807) is 12.2 Å². The average Bonchev–Trinajstić information content (AvgIpc) is 3.02. The Balaban J connectivity index is 4.67. The number of rotatable bonds is 28. The van der Waals surface area contributed by atoms with E-state index in [0.29, 0.717) is 12.8 Å². The Bertz CT molecular complexity index is 1010. The first kappa shape index (κ1) is 42.4. The van der Waals surface area contributed by atoms with Gasteiger partial charge in [-0.3, -0.25) is 13.8 Å². The molecule has 3 unspecified atom stereocenters. The highest BCUT2D eigenvalue weighted by atomic mass is 31.2. The minimum atomic E-state index is -4.37. The Morgan fingerprint density at radius 3 is 1.73 bits per heavy atom. The summed E-state index contributed by atoms with van der Waals surface area (Å²) < 4.78 is 21.9. The number of allylic oxidation sites excluding steroid dienone is 14. The first-order valence-corrected chi connectivity index (χ1v) is 17.9. The van der Waals surface area contributed by atoms with Crippen molar-refractivity contribution in [3.05, 3.63) is 97.2 Å². The maximum atomic E-state index is 12.6. The van der Waals surface area contributed by atoms with Gasteiger partial charge in [0.15, 0.2) is 0 Å². The van der Waals surface area contributed by atoms with Crippen molar-refractivity contribution in [1.29, 1.82) is 0 Å². The Kier molecular flexibility index (Phi) is 29.6. The Morgan fingerprint density at radius 2 is 1.22 bits per heavy atom. The monoisotopic (exact) mass is 646 g/mol. The third-order valence-electron chi connectivity index (χ3n) is 6.13. The predicted octanol–water partition coefficient (Wildman–Crippen LogP) is 8.10. The van der Waals surface area contributed by atoms with Crippen LogP contribution in [0.3, 0.4) is 0 Å². The van der Waals surface area contributed by atoms with Crippen molar-refractivity contribution in [2.75, 3.05) is 19.8 Å². The highest BCUT2D eigenvalue weighted by Gasteiger charge is 2.26. The molecule has 0 radical (unpaired) electrons. The van der Waals surface area contributed by atoms with Crippen molar-refractivity contribution in [3.8, 4) is 0 Å².